The Kier molecular flexibility index (Phi) is 4.32. The number of benzene rings is 1. The van der Waals surface area contributed by atoms with Crippen molar-refractivity contribution in [2.45, 2.75) is 13.3 Å². The molecule has 1 fully saturated rings. The van der Waals surface area contributed by atoms with Crippen LogP contribution in [0.4, 0.5) is 5.69 Å². The van der Waals surface area contributed by atoms with Gasteiger partial charge < -0.3 is 10.1 Å². The van der Waals surface area contributed by atoms with Crippen molar-refractivity contribution in [1.29, 1.82) is 0 Å². The number of esters is 1. The van der Waals surface area contributed by atoms with Crippen molar-refractivity contribution in [3.05, 3.63) is 28.2 Å². The van der Waals surface area contributed by atoms with Crippen LogP contribution in [0.1, 0.15) is 13.3 Å². The van der Waals surface area contributed by atoms with Crippen LogP contribution in [0.25, 0.3) is 0 Å². The molecular weight excluding hydrogens is 289 g/mol. The van der Waals surface area contributed by atoms with Crippen LogP contribution in [-0.4, -0.2) is 18.5 Å². The Hall–Kier alpha value is -1.26. The summed E-state index contributed by atoms with van der Waals surface area (Å²) < 4.78 is 4.91. The summed E-state index contributed by atoms with van der Waals surface area (Å²) in [5.74, 6) is -0.427. The second-order valence-corrected chi connectivity index (χ2v) is 5.44. The van der Waals surface area contributed by atoms with Gasteiger partial charge in [-0.3, -0.25) is 9.59 Å². The summed E-state index contributed by atoms with van der Waals surface area (Å²) in [4.78, 5) is 23.0. The van der Waals surface area contributed by atoms with Crippen molar-refractivity contribution in [3.63, 3.8) is 0 Å². The molecule has 1 N–H and O–H groups in total. The highest BCUT2D eigenvalue weighted by Gasteiger charge is 2.40. The Morgan fingerprint density at radius 3 is 2.68 bits per heavy atom. The van der Waals surface area contributed by atoms with Crippen LogP contribution >= 0.6 is 23.2 Å². The van der Waals surface area contributed by atoms with Crippen molar-refractivity contribution < 1.29 is 14.3 Å². The van der Waals surface area contributed by atoms with Gasteiger partial charge in [0.25, 0.3) is 5.91 Å². The molecule has 19 heavy (non-hydrogen) atoms. The van der Waals surface area contributed by atoms with E-state index >= 15 is 0 Å². The minimum absolute atomic E-state index is 0.0491. The van der Waals surface area contributed by atoms with E-state index in [0.717, 1.165) is 6.42 Å². The van der Waals surface area contributed by atoms with Gasteiger partial charge in [-0.15, -0.1) is 0 Å². The molecule has 1 aromatic carbocycles. The average Bonchev–Trinajstić information content (AvgIpc) is 3.07. The van der Waals surface area contributed by atoms with Crippen molar-refractivity contribution in [1.82, 2.24) is 0 Å². The first-order valence-electron chi connectivity index (χ1n) is 5.89. The van der Waals surface area contributed by atoms with Crippen molar-refractivity contribution in [3.8, 4) is 0 Å². The average molecular weight is 302 g/mol. The number of rotatable bonds is 4. The number of hydrogen-bond acceptors (Lipinski definition) is 3. The van der Waals surface area contributed by atoms with Gasteiger partial charge in [-0.05, 0) is 30.5 Å². The molecule has 102 valence electrons. The van der Waals surface area contributed by atoms with Gasteiger partial charge in [-0.2, -0.15) is 0 Å². The standard InChI is InChI=1S/C13H13Cl2NO3/c1-7-4-9(7)13(18)19-6-12(17)16-11-3-2-8(14)5-10(11)15/h2-3,5,7,9H,4,6H2,1H3,(H,16,17)/t7-,9-/m1/s1. The van der Waals surface area contributed by atoms with Crippen LogP contribution in [0.15, 0.2) is 18.2 Å². The molecule has 0 bridgehead atoms. The fraction of sp³-hybridized carbons (Fsp3) is 0.385. The van der Waals surface area contributed by atoms with Gasteiger partial charge in [0.05, 0.1) is 16.6 Å². The van der Waals surface area contributed by atoms with E-state index in [1.54, 1.807) is 12.1 Å². The lowest BCUT2D eigenvalue weighted by molar-refractivity contribution is -0.148. The van der Waals surface area contributed by atoms with Crippen LogP contribution in [-0.2, 0) is 14.3 Å². The number of carbonyl (C=O) groups excluding carboxylic acids is 2. The second kappa shape index (κ2) is 5.80. The molecule has 2 atom stereocenters. The fourth-order valence-corrected chi connectivity index (χ4v) is 2.13. The number of ether oxygens (including phenoxy) is 1. The van der Waals surface area contributed by atoms with E-state index < -0.39 is 5.91 Å². The Balaban J connectivity index is 1.82. The Morgan fingerprint density at radius 1 is 1.42 bits per heavy atom. The van der Waals surface area contributed by atoms with E-state index in [1.807, 2.05) is 6.92 Å². The molecule has 0 unspecified atom stereocenters. The normalized spacial score (nSPS) is 20.8. The van der Waals surface area contributed by atoms with Crippen LogP contribution in [0.3, 0.4) is 0 Å². The molecule has 0 aromatic heterocycles. The summed E-state index contributed by atoms with van der Waals surface area (Å²) in [5, 5.41) is 3.38. The number of halogens is 2. The van der Waals surface area contributed by atoms with Gasteiger partial charge in [0.1, 0.15) is 0 Å². The molecule has 1 saturated carbocycles. The lowest BCUT2D eigenvalue weighted by Gasteiger charge is -2.08. The largest absolute Gasteiger partial charge is 0.455 e. The number of carbonyl (C=O) groups is 2. The summed E-state index contributed by atoms with van der Waals surface area (Å²) in [6.45, 7) is 1.67. The highest BCUT2D eigenvalue weighted by atomic mass is 35.5. The van der Waals surface area contributed by atoms with Crippen LogP contribution in [0, 0.1) is 11.8 Å². The summed E-state index contributed by atoms with van der Waals surface area (Å²) >= 11 is 11.7. The highest BCUT2D eigenvalue weighted by Crippen LogP contribution is 2.38. The number of hydrogen-bond donors (Lipinski definition) is 1. The molecule has 0 spiro atoms. The molecule has 1 aliphatic carbocycles. The van der Waals surface area contributed by atoms with Gasteiger partial charge in [0.2, 0.25) is 0 Å². The van der Waals surface area contributed by atoms with Gasteiger partial charge >= 0.3 is 5.97 Å². The molecule has 1 aromatic rings. The van der Waals surface area contributed by atoms with E-state index in [4.69, 9.17) is 27.9 Å². The van der Waals surface area contributed by atoms with Crippen molar-refractivity contribution in [2.75, 3.05) is 11.9 Å². The predicted octanol–water partition coefficient (Wildman–Crippen LogP) is 3.13. The number of amides is 1. The third-order valence-corrected chi connectivity index (χ3v) is 3.51. The van der Waals surface area contributed by atoms with Gasteiger partial charge in [-0.25, -0.2) is 0 Å². The minimum Gasteiger partial charge on any atom is -0.455 e. The van der Waals surface area contributed by atoms with Crippen LogP contribution in [0.2, 0.25) is 10.0 Å². The summed E-state index contributed by atoms with van der Waals surface area (Å²) in [5.41, 5.74) is 0.437. The van der Waals surface area contributed by atoms with E-state index in [-0.39, 0.29) is 18.5 Å². The lowest BCUT2D eigenvalue weighted by atomic mass is 10.3. The van der Waals surface area contributed by atoms with Crippen LogP contribution < -0.4 is 5.32 Å². The van der Waals surface area contributed by atoms with Crippen LogP contribution in [0.5, 0.6) is 0 Å². The van der Waals surface area contributed by atoms with Gasteiger partial charge in [0, 0.05) is 5.02 Å². The molecule has 0 radical (unpaired) electrons. The van der Waals surface area contributed by atoms with E-state index in [9.17, 15) is 9.59 Å². The molecule has 4 nitrogen and oxygen atoms in total. The quantitative estimate of drug-likeness (QED) is 0.869. The molecular formula is C13H13Cl2NO3. The smallest absolute Gasteiger partial charge is 0.309 e. The van der Waals surface area contributed by atoms with Crippen molar-refractivity contribution in [2.24, 2.45) is 11.8 Å². The zero-order chi connectivity index (χ0) is 14.0. The SMILES string of the molecule is C[C@@H]1C[C@H]1C(=O)OCC(=O)Nc1ccc(Cl)cc1Cl. The predicted molar refractivity (Wildman–Crippen MR) is 73.3 cm³/mol. The monoisotopic (exact) mass is 301 g/mol. The Morgan fingerprint density at radius 2 is 2.11 bits per heavy atom. The first-order chi connectivity index (χ1) is 8.97. The van der Waals surface area contributed by atoms with E-state index in [0.29, 0.717) is 21.7 Å². The highest BCUT2D eigenvalue weighted by molar-refractivity contribution is 6.36. The summed E-state index contributed by atoms with van der Waals surface area (Å²) in [7, 11) is 0. The van der Waals surface area contributed by atoms with E-state index in [2.05, 4.69) is 5.32 Å². The molecule has 1 amide bonds. The van der Waals surface area contributed by atoms with Crippen molar-refractivity contribution >= 4 is 40.8 Å². The fourth-order valence-electron chi connectivity index (χ4n) is 1.67. The van der Waals surface area contributed by atoms with E-state index in [1.165, 1.54) is 6.07 Å². The zero-order valence-corrected chi connectivity index (χ0v) is 11.8. The maximum Gasteiger partial charge on any atom is 0.309 e. The number of nitrogens with one attached hydrogen (secondary N) is 1. The molecule has 0 heterocycles. The minimum atomic E-state index is -0.425. The third-order valence-electron chi connectivity index (χ3n) is 2.96. The third kappa shape index (κ3) is 3.85. The van der Waals surface area contributed by atoms with Gasteiger partial charge in [-0.1, -0.05) is 30.1 Å². The Labute approximate surface area is 121 Å². The molecule has 2 rings (SSSR count). The zero-order valence-electron chi connectivity index (χ0n) is 10.3. The van der Waals surface area contributed by atoms with Gasteiger partial charge in [0.15, 0.2) is 6.61 Å². The first-order valence-corrected chi connectivity index (χ1v) is 6.64. The maximum atomic E-state index is 11.6. The molecule has 0 saturated heterocycles. The topological polar surface area (TPSA) is 55.4 Å². The Bertz CT molecular complexity index is 519. The molecule has 1 aliphatic rings. The summed E-state index contributed by atoms with van der Waals surface area (Å²) in [6, 6.07) is 4.73. The molecule has 6 heteroatoms. The molecule has 0 aliphatic heterocycles. The number of anilines is 1. The lowest BCUT2D eigenvalue weighted by Crippen LogP contribution is -2.21. The first kappa shape index (κ1) is 14.2. The summed E-state index contributed by atoms with van der Waals surface area (Å²) in [6.07, 6.45) is 0.837. The maximum absolute atomic E-state index is 11.6. The second-order valence-electron chi connectivity index (χ2n) is 4.60.